The fourth-order valence-electron chi connectivity index (χ4n) is 1.78. The Morgan fingerprint density at radius 3 is 2.53 bits per heavy atom. The smallest absolute Gasteiger partial charge is 0.124 e. The first kappa shape index (κ1) is 13.3. The van der Waals surface area contributed by atoms with Crippen molar-refractivity contribution in [1.29, 1.82) is 0 Å². The highest BCUT2D eigenvalue weighted by Crippen LogP contribution is 2.20. The van der Waals surface area contributed by atoms with Crippen LogP contribution in [0.1, 0.15) is 18.9 Å². The summed E-state index contributed by atoms with van der Waals surface area (Å²) in [4.78, 5) is 0. The number of para-hydroxylation sites is 1. The molecule has 0 aliphatic rings. The third kappa shape index (κ3) is 3.91. The van der Waals surface area contributed by atoms with Crippen molar-refractivity contribution in [3.63, 3.8) is 0 Å². The van der Waals surface area contributed by atoms with Crippen LogP contribution in [-0.2, 0) is 6.54 Å². The average molecular weight is 257 g/mol. The van der Waals surface area contributed by atoms with E-state index >= 15 is 0 Å². The SMILES string of the molecule is CCCOc1ccccc1CNc1ccc(O)cc1. The van der Waals surface area contributed by atoms with Gasteiger partial charge in [-0.1, -0.05) is 25.1 Å². The molecular formula is C16H19NO2. The third-order valence-corrected chi connectivity index (χ3v) is 2.78. The maximum Gasteiger partial charge on any atom is 0.124 e. The van der Waals surface area contributed by atoms with Crippen molar-refractivity contribution >= 4 is 5.69 Å². The molecule has 3 nitrogen and oxygen atoms in total. The van der Waals surface area contributed by atoms with E-state index in [9.17, 15) is 5.11 Å². The Morgan fingerprint density at radius 1 is 1.05 bits per heavy atom. The second kappa shape index (κ2) is 6.69. The molecule has 0 heterocycles. The largest absolute Gasteiger partial charge is 0.508 e. The number of phenolic OH excluding ortho intramolecular Hbond substituents is 1. The normalized spacial score (nSPS) is 10.2. The molecule has 0 aliphatic heterocycles. The molecule has 19 heavy (non-hydrogen) atoms. The molecule has 0 saturated heterocycles. The molecule has 0 aliphatic carbocycles. The van der Waals surface area contributed by atoms with Crippen LogP contribution in [0.5, 0.6) is 11.5 Å². The average Bonchev–Trinajstić information content (AvgIpc) is 2.45. The lowest BCUT2D eigenvalue weighted by Gasteiger charge is -2.12. The quantitative estimate of drug-likeness (QED) is 0.773. The molecule has 0 aromatic heterocycles. The lowest BCUT2D eigenvalue weighted by atomic mass is 10.2. The van der Waals surface area contributed by atoms with Crippen LogP contribution in [0.25, 0.3) is 0 Å². The van der Waals surface area contributed by atoms with E-state index < -0.39 is 0 Å². The number of ether oxygens (including phenoxy) is 1. The van der Waals surface area contributed by atoms with Crippen LogP contribution in [0.15, 0.2) is 48.5 Å². The maximum atomic E-state index is 9.24. The van der Waals surface area contributed by atoms with Gasteiger partial charge in [0.05, 0.1) is 6.61 Å². The first-order valence-corrected chi connectivity index (χ1v) is 6.53. The zero-order valence-electron chi connectivity index (χ0n) is 11.1. The molecule has 2 aromatic rings. The van der Waals surface area contributed by atoms with Gasteiger partial charge in [0.25, 0.3) is 0 Å². The number of anilines is 1. The zero-order chi connectivity index (χ0) is 13.5. The molecular weight excluding hydrogens is 238 g/mol. The molecule has 0 atom stereocenters. The summed E-state index contributed by atoms with van der Waals surface area (Å²) in [6.07, 6.45) is 1.000. The summed E-state index contributed by atoms with van der Waals surface area (Å²) >= 11 is 0. The summed E-state index contributed by atoms with van der Waals surface area (Å²) in [7, 11) is 0. The number of nitrogens with one attached hydrogen (secondary N) is 1. The van der Waals surface area contributed by atoms with Crippen molar-refractivity contribution in [2.75, 3.05) is 11.9 Å². The van der Waals surface area contributed by atoms with Crippen molar-refractivity contribution in [1.82, 2.24) is 0 Å². The molecule has 2 N–H and O–H groups in total. The van der Waals surface area contributed by atoms with Gasteiger partial charge in [-0.15, -0.1) is 0 Å². The van der Waals surface area contributed by atoms with E-state index in [1.807, 2.05) is 30.3 Å². The molecule has 0 amide bonds. The molecule has 3 heteroatoms. The first-order chi connectivity index (χ1) is 9.29. The highest BCUT2D eigenvalue weighted by molar-refractivity contribution is 5.47. The Bertz CT molecular complexity index is 508. The summed E-state index contributed by atoms with van der Waals surface area (Å²) in [6.45, 7) is 3.53. The first-order valence-electron chi connectivity index (χ1n) is 6.53. The summed E-state index contributed by atoms with van der Waals surface area (Å²) < 4.78 is 5.71. The third-order valence-electron chi connectivity index (χ3n) is 2.78. The van der Waals surface area contributed by atoms with E-state index in [-0.39, 0.29) is 5.75 Å². The summed E-state index contributed by atoms with van der Waals surface area (Å²) in [5.41, 5.74) is 2.10. The van der Waals surface area contributed by atoms with E-state index in [1.165, 1.54) is 0 Å². The Labute approximate surface area is 113 Å². The van der Waals surface area contributed by atoms with Crippen LogP contribution in [0.4, 0.5) is 5.69 Å². The number of aromatic hydroxyl groups is 1. The van der Waals surface area contributed by atoms with E-state index in [0.717, 1.165) is 30.0 Å². The Kier molecular flexibility index (Phi) is 4.67. The zero-order valence-corrected chi connectivity index (χ0v) is 11.1. The molecule has 2 aromatic carbocycles. The maximum absolute atomic E-state index is 9.24. The minimum atomic E-state index is 0.275. The Morgan fingerprint density at radius 2 is 1.79 bits per heavy atom. The highest BCUT2D eigenvalue weighted by atomic mass is 16.5. The molecule has 2 rings (SSSR count). The summed E-state index contributed by atoms with van der Waals surface area (Å²) in [6, 6.07) is 15.1. The van der Waals surface area contributed by atoms with Crippen LogP contribution in [0.3, 0.4) is 0 Å². The van der Waals surface area contributed by atoms with Crippen LogP contribution in [0.2, 0.25) is 0 Å². The monoisotopic (exact) mass is 257 g/mol. The number of hydrogen-bond acceptors (Lipinski definition) is 3. The van der Waals surface area contributed by atoms with Gasteiger partial charge < -0.3 is 15.2 Å². The van der Waals surface area contributed by atoms with Crippen LogP contribution < -0.4 is 10.1 Å². The number of benzene rings is 2. The molecule has 0 bridgehead atoms. The van der Waals surface area contributed by atoms with Gasteiger partial charge in [0.1, 0.15) is 11.5 Å². The van der Waals surface area contributed by atoms with Gasteiger partial charge in [-0.05, 0) is 36.8 Å². The van der Waals surface area contributed by atoms with E-state index in [4.69, 9.17) is 4.74 Å². The van der Waals surface area contributed by atoms with Gasteiger partial charge in [0, 0.05) is 17.8 Å². The standard InChI is InChI=1S/C16H19NO2/c1-2-11-19-16-6-4-3-5-13(16)12-17-14-7-9-15(18)10-8-14/h3-10,17-18H,2,11-12H2,1H3. The molecule has 0 unspecified atom stereocenters. The number of phenols is 1. The lowest BCUT2D eigenvalue weighted by molar-refractivity contribution is 0.314. The molecule has 0 radical (unpaired) electrons. The topological polar surface area (TPSA) is 41.5 Å². The summed E-state index contributed by atoms with van der Waals surface area (Å²) in [5, 5.41) is 12.5. The Hall–Kier alpha value is -2.16. The van der Waals surface area contributed by atoms with Gasteiger partial charge >= 0.3 is 0 Å². The van der Waals surface area contributed by atoms with E-state index in [2.05, 4.69) is 18.3 Å². The minimum absolute atomic E-state index is 0.275. The van der Waals surface area contributed by atoms with Gasteiger partial charge in [-0.25, -0.2) is 0 Å². The second-order valence-electron chi connectivity index (χ2n) is 4.36. The minimum Gasteiger partial charge on any atom is -0.508 e. The highest BCUT2D eigenvalue weighted by Gasteiger charge is 2.02. The van der Waals surface area contributed by atoms with Crippen LogP contribution >= 0.6 is 0 Å². The van der Waals surface area contributed by atoms with Crippen molar-refractivity contribution < 1.29 is 9.84 Å². The van der Waals surface area contributed by atoms with E-state index in [0.29, 0.717) is 6.54 Å². The fourth-order valence-corrected chi connectivity index (χ4v) is 1.78. The number of rotatable bonds is 6. The molecule has 0 fully saturated rings. The van der Waals surface area contributed by atoms with Crippen molar-refractivity contribution in [2.24, 2.45) is 0 Å². The van der Waals surface area contributed by atoms with Gasteiger partial charge in [-0.2, -0.15) is 0 Å². The van der Waals surface area contributed by atoms with Gasteiger partial charge in [0.2, 0.25) is 0 Å². The molecule has 0 saturated carbocycles. The van der Waals surface area contributed by atoms with Gasteiger partial charge in [0.15, 0.2) is 0 Å². The van der Waals surface area contributed by atoms with E-state index in [1.54, 1.807) is 12.1 Å². The fraction of sp³-hybridized carbons (Fsp3) is 0.250. The van der Waals surface area contributed by atoms with Crippen LogP contribution in [-0.4, -0.2) is 11.7 Å². The molecule has 0 spiro atoms. The summed E-state index contributed by atoms with van der Waals surface area (Å²) in [5.74, 6) is 1.20. The Balaban J connectivity index is 2.00. The predicted octanol–water partition coefficient (Wildman–Crippen LogP) is 3.79. The number of hydrogen-bond donors (Lipinski definition) is 2. The van der Waals surface area contributed by atoms with Crippen molar-refractivity contribution in [3.05, 3.63) is 54.1 Å². The van der Waals surface area contributed by atoms with Gasteiger partial charge in [-0.3, -0.25) is 0 Å². The lowest BCUT2D eigenvalue weighted by Crippen LogP contribution is -2.03. The second-order valence-corrected chi connectivity index (χ2v) is 4.36. The van der Waals surface area contributed by atoms with Crippen molar-refractivity contribution in [3.8, 4) is 11.5 Å². The van der Waals surface area contributed by atoms with Crippen LogP contribution in [0, 0.1) is 0 Å². The van der Waals surface area contributed by atoms with Crippen molar-refractivity contribution in [2.45, 2.75) is 19.9 Å². The molecule has 100 valence electrons. The predicted molar refractivity (Wildman–Crippen MR) is 77.7 cm³/mol.